The molecule has 31 heteroatoms. The molecule has 6 aromatic carbocycles. The van der Waals surface area contributed by atoms with Crippen molar-refractivity contribution in [1.82, 2.24) is 0 Å². The van der Waals surface area contributed by atoms with E-state index in [0.717, 1.165) is 36.4 Å². The second-order valence-corrected chi connectivity index (χ2v) is 21.4. The molecule has 0 saturated heterocycles. The summed E-state index contributed by atoms with van der Waals surface area (Å²) in [5.74, 6) is -1.71. The molecule has 0 aliphatic rings. The Kier molecular flexibility index (Phi) is 14.1. The zero-order valence-electron chi connectivity index (χ0n) is 34.3. The summed E-state index contributed by atoms with van der Waals surface area (Å²) in [5, 5.41) is 33.5. The van der Waals surface area contributed by atoms with Crippen LogP contribution in [0, 0.1) is 0 Å². The number of nitrogens with zero attached hydrogens (tertiary/aromatic N) is 6. The first-order chi connectivity index (χ1) is 31.7. The van der Waals surface area contributed by atoms with Gasteiger partial charge in [0.25, 0.3) is 30.3 Å². The SMILES string of the molecule is COc1cc(N=Nc2ccc(NS(=O)(=O)c3ccc(N=Nc4cc(S(=O)(=O)O)c5cc(S(=O)(=O)O)c(N=Nc6ccc(S(=O)(=O)CCOS(=O)(=O)O)cc6)c(O)c5c4N)cc3)cc2)c(N)cc1N. The number of nitrogens with two attached hydrogens (primary N) is 3. The van der Waals surface area contributed by atoms with Gasteiger partial charge in [-0.2, -0.15) is 40.6 Å². The first-order valence-corrected chi connectivity index (χ1v) is 25.8. The van der Waals surface area contributed by atoms with Gasteiger partial charge in [0.05, 0.1) is 68.8 Å². The minimum absolute atomic E-state index is 0.0170. The number of anilines is 4. The van der Waals surface area contributed by atoms with Gasteiger partial charge in [-0.15, -0.1) is 15.3 Å². The van der Waals surface area contributed by atoms with E-state index >= 15 is 0 Å². The highest BCUT2D eigenvalue weighted by molar-refractivity contribution is 7.92. The molecule has 6 aromatic rings. The van der Waals surface area contributed by atoms with Crippen LogP contribution < -0.4 is 26.7 Å². The number of methoxy groups -OCH3 is 1. The molecular formula is C37H34N10O16S5. The van der Waals surface area contributed by atoms with Crippen LogP contribution >= 0.6 is 0 Å². The van der Waals surface area contributed by atoms with Gasteiger partial charge in [0.2, 0.25) is 0 Å². The molecule has 0 aliphatic carbocycles. The second-order valence-electron chi connectivity index (χ2n) is 13.7. The third-order valence-electron chi connectivity index (χ3n) is 9.11. The first kappa shape index (κ1) is 50.2. The molecular weight excluding hydrogens is 1000 g/mol. The highest BCUT2D eigenvalue weighted by Gasteiger charge is 2.29. The standard InChI is InChI=1S/C37H34N10O16S5/c1-62-31-18-29(27(38)17-28(31)39)44-41-20-2-4-23(5-3-20)47-65(51,52)25-12-8-21(9-13-25)42-45-30-19-32(66(53,54)55)26-16-33(67(56,57)58)36(37(48)34(26)35(30)40)46-43-22-6-10-24(11-7-22)64(49,50)15-14-63-68(59,60)61/h2-13,16-19,47-48H,14-15,38-40H2,1H3,(H,53,54,55)(H,56,57,58)(H,59,60,61). The van der Waals surface area contributed by atoms with Crippen LogP contribution in [-0.4, -0.2) is 80.3 Å². The number of rotatable bonds is 17. The zero-order chi connectivity index (χ0) is 50.0. The molecule has 0 bridgehead atoms. The van der Waals surface area contributed by atoms with Crippen LogP contribution in [0.1, 0.15) is 0 Å². The molecule has 0 fully saturated rings. The molecule has 26 nitrogen and oxygen atoms in total. The Hall–Kier alpha value is -7.23. The smallest absolute Gasteiger partial charge is 0.397 e. The third-order valence-corrected chi connectivity index (χ3v) is 14.4. The number of phenolic OH excluding ortho intramolecular Hbond substituents is 1. The normalized spacial score (nSPS) is 12.9. The Labute approximate surface area is 386 Å². The fourth-order valence-corrected chi connectivity index (χ4v) is 9.78. The molecule has 0 aromatic heterocycles. The van der Waals surface area contributed by atoms with Gasteiger partial charge < -0.3 is 27.0 Å². The number of azo groups is 3. The van der Waals surface area contributed by atoms with Crippen LogP contribution in [-0.2, 0) is 54.7 Å². The Morgan fingerprint density at radius 2 is 1.10 bits per heavy atom. The van der Waals surface area contributed by atoms with Crippen molar-refractivity contribution in [1.29, 1.82) is 0 Å². The van der Waals surface area contributed by atoms with E-state index in [9.17, 15) is 56.3 Å². The molecule has 0 heterocycles. The number of sulfonamides is 1. The summed E-state index contributed by atoms with van der Waals surface area (Å²) in [4.78, 5) is -2.86. The number of nitrogen functional groups attached to an aromatic ring is 3. The van der Waals surface area contributed by atoms with Crippen molar-refractivity contribution in [3.8, 4) is 11.5 Å². The fraction of sp³-hybridized carbons (Fsp3) is 0.0811. The molecule has 6 rings (SSSR count). The molecule has 0 atom stereocenters. The van der Waals surface area contributed by atoms with E-state index in [1.165, 1.54) is 55.6 Å². The average molecular weight is 1040 g/mol. The molecule has 68 heavy (non-hydrogen) atoms. The monoisotopic (exact) mass is 1030 g/mol. The lowest BCUT2D eigenvalue weighted by Crippen LogP contribution is -2.15. The van der Waals surface area contributed by atoms with Crippen LogP contribution in [0.2, 0.25) is 0 Å². The van der Waals surface area contributed by atoms with Crippen LogP contribution in [0.25, 0.3) is 10.8 Å². The minimum Gasteiger partial charge on any atom is -0.505 e. The number of hydrogen-bond acceptors (Lipinski definition) is 22. The van der Waals surface area contributed by atoms with Crippen molar-refractivity contribution in [2.24, 2.45) is 30.7 Å². The summed E-state index contributed by atoms with van der Waals surface area (Å²) in [5.41, 5.74) is 17.1. The van der Waals surface area contributed by atoms with Gasteiger partial charge in [0.15, 0.2) is 15.6 Å². The Morgan fingerprint density at radius 3 is 1.63 bits per heavy atom. The van der Waals surface area contributed by atoms with Gasteiger partial charge in [0.1, 0.15) is 32.6 Å². The number of ether oxygens (including phenoxy) is 1. The molecule has 0 unspecified atom stereocenters. The summed E-state index contributed by atoms with van der Waals surface area (Å²) >= 11 is 0. The molecule has 358 valence electrons. The molecule has 0 spiro atoms. The Bertz CT molecular complexity index is 3630. The van der Waals surface area contributed by atoms with E-state index in [2.05, 4.69) is 39.6 Å². The van der Waals surface area contributed by atoms with Crippen LogP contribution in [0.3, 0.4) is 0 Å². The van der Waals surface area contributed by atoms with Gasteiger partial charge in [-0.3, -0.25) is 18.4 Å². The lowest BCUT2D eigenvalue weighted by atomic mass is 10.0. The number of phenols is 1. The highest BCUT2D eigenvalue weighted by atomic mass is 32.3. The topological polar surface area (TPSA) is 434 Å². The predicted octanol–water partition coefficient (Wildman–Crippen LogP) is 6.43. The quantitative estimate of drug-likeness (QED) is 0.0277. The lowest BCUT2D eigenvalue weighted by Gasteiger charge is -2.14. The van der Waals surface area contributed by atoms with Crippen LogP contribution in [0.4, 0.5) is 56.9 Å². The van der Waals surface area contributed by atoms with Gasteiger partial charge >= 0.3 is 10.4 Å². The zero-order valence-corrected chi connectivity index (χ0v) is 38.4. The second kappa shape index (κ2) is 19.2. The number of aromatic hydroxyl groups is 1. The van der Waals surface area contributed by atoms with E-state index < -0.39 is 106 Å². The van der Waals surface area contributed by atoms with E-state index in [1.54, 1.807) is 0 Å². The lowest BCUT2D eigenvalue weighted by molar-refractivity contribution is 0.284. The molecule has 0 radical (unpaired) electrons. The van der Waals surface area contributed by atoms with Crippen molar-refractivity contribution in [3.63, 3.8) is 0 Å². The fourth-order valence-electron chi connectivity index (χ4n) is 5.89. The van der Waals surface area contributed by atoms with E-state index in [1.807, 2.05) is 0 Å². The summed E-state index contributed by atoms with van der Waals surface area (Å²) < 4.78 is 164. The average Bonchev–Trinajstić information content (AvgIpc) is 3.24. The predicted molar refractivity (Wildman–Crippen MR) is 244 cm³/mol. The van der Waals surface area contributed by atoms with Gasteiger partial charge in [-0.1, -0.05) is 0 Å². The number of fused-ring (bicyclic) bond motifs is 1. The number of benzene rings is 6. The first-order valence-electron chi connectivity index (χ1n) is 18.4. The van der Waals surface area contributed by atoms with Crippen molar-refractivity contribution in [3.05, 3.63) is 97.1 Å². The maximum absolute atomic E-state index is 13.2. The number of sulfone groups is 1. The number of nitrogens with one attached hydrogen (secondary N) is 1. The van der Waals surface area contributed by atoms with Crippen LogP contribution in [0.15, 0.2) is 147 Å². The van der Waals surface area contributed by atoms with Crippen molar-refractivity contribution >= 4 is 118 Å². The van der Waals surface area contributed by atoms with Gasteiger partial charge in [-0.05, 0) is 91.0 Å². The van der Waals surface area contributed by atoms with E-state index in [-0.39, 0.29) is 38.2 Å². The minimum atomic E-state index is -5.37. The van der Waals surface area contributed by atoms with Crippen molar-refractivity contribution < 1.29 is 69.8 Å². The summed E-state index contributed by atoms with van der Waals surface area (Å²) in [6.07, 6.45) is 0. The maximum Gasteiger partial charge on any atom is 0.397 e. The van der Waals surface area contributed by atoms with E-state index in [4.69, 9.17) is 26.5 Å². The van der Waals surface area contributed by atoms with Crippen molar-refractivity contribution in [2.75, 3.05) is 41.4 Å². The van der Waals surface area contributed by atoms with Crippen LogP contribution in [0.5, 0.6) is 11.5 Å². The molecule has 0 saturated carbocycles. The highest BCUT2D eigenvalue weighted by Crippen LogP contribution is 2.48. The molecule has 11 N–H and O–H groups in total. The number of hydrogen-bond donors (Lipinski definition) is 8. The Balaban J connectivity index is 1.26. The summed E-state index contributed by atoms with van der Waals surface area (Å²) in [7, 11) is -22.5. The molecule has 0 amide bonds. The molecule has 0 aliphatic heterocycles. The maximum atomic E-state index is 13.2. The van der Waals surface area contributed by atoms with E-state index in [0.29, 0.717) is 29.3 Å². The van der Waals surface area contributed by atoms with Gasteiger partial charge in [-0.25, -0.2) is 21.0 Å². The van der Waals surface area contributed by atoms with Crippen molar-refractivity contribution in [2.45, 2.75) is 19.6 Å². The summed E-state index contributed by atoms with van der Waals surface area (Å²) in [6, 6.07) is 18.9. The third kappa shape index (κ3) is 11.8. The van der Waals surface area contributed by atoms with Gasteiger partial charge in [0, 0.05) is 17.1 Å². The largest absolute Gasteiger partial charge is 0.505 e. The summed E-state index contributed by atoms with van der Waals surface area (Å²) in [6.45, 7) is -0.915. The Morgan fingerprint density at radius 1 is 0.588 bits per heavy atom.